The third-order valence-electron chi connectivity index (χ3n) is 7.29. The molecule has 4 atom stereocenters. The van der Waals surface area contributed by atoms with Crippen molar-refractivity contribution in [3.05, 3.63) is 23.4 Å². The Kier molecular flexibility index (Phi) is 10.5. The zero-order valence-corrected chi connectivity index (χ0v) is 25.5. The first-order valence-electron chi connectivity index (χ1n) is 14.2. The third-order valence-corrected chi connectivity index (χ3v) is 7.52. The molecule has 0 radical (unpaired) electrons. The molecule has 2 heterocycles. The van der Waals surface area contributed by atoms with E-state index in [0.717, 1.165) is 32.1 Å². The molecule has 1 saturated heterocycles. The molecule has 1 aromatic heterocycles. The molecule has 3 rings (SSSR count). The molecular formula is C29H43ClN4O7. The highest BCUT2D eigenvalue weighted by molar-refractivity contribution is 6.30. The van der Waals surface area contributed by atoms with Crippen LogP contribution in [0.25, 0.3) is 0 Å². The third kappa shape index (κ3) is 9.21. The summed E-state index contributed by atoms with van der Waals surface area (Å²) in [5, 5.41) is 16.0. The van der Waals surface area contributed by atoms with Gasteiger partial charge in [-0.05, 0) is 51.0 Å². The van der Waals surface area contributed by atoms with Crippen LogP contribution in [0.4, 0.5) is 4.79 Å². The molecule has 11 nitrogen and oxygen atoms in total. The highest BCUT2D eigenvalue weighted by atomic mass is 35.5. The molecule has 3 amide bonds. The smallest absolute Gasteiger partial charge is 0.408 e. The van der Waals surface area contributed by atoms with Gasteiger partial charge in [0, 0.05) is 18.7 Å². The van der Waals surface area contributed by atoms with Gasteiger partial charge >= 0.3 is 12.1 Å². The van der Waals surface area contributed by atoms with Crippen molar-refractivity contribution in [3.63, 3.8) is 0 Å². The maximum Gasteiger partial charge on any atom is 0.408 e. The van der Waals surface area contributed by atoms with E-state index >= 15 is 0 Å². The van der Waals surface area contributed by atoms with Gasteiger partial charge in [-0.25, -0.2) is 14.6 Å². The predicted molar refractivity (Wildman–Crippen MR) is 153 cm³/mol. The van der Waals surface area contributed by atoms with Crippen LogP contribution in [0.5, 0.6) is 5.88 Å². The van der Waals surface area contributed by atoms with Gasteiger partial charge in [0.15, 0.2) is 0 Å². The van der Waals surface area contributed by atoms with Crippen molar-refractivity contribution < 1.29 is 33.8 Å². The molecule has 2 aliphatic rings. The number of carbonyl (C=O) groups is 4. The van der Waals surface area contributed by atoms with Crippen molar-refractivity contribution >= 4 is 35.5 Å². The summed E-state index contributed by atoms with van der Waals surface area (Å²) in [6, 6.07) is 0.0783. The van der Waals surface area contributed by atoms with Gasteiger partial charge < -0.3 is 30.1 Å². The molecule has 228 valence electrons. The molecule has 1 aliphatic heterocycles. The number of amides is 3. The van der Waals surface area contributed by atoms with Gasteiger partial charge in [-0.15, -0.1) is 0 Å². The van der Waals surface area contributed by atoms with Gasteiger partial charge in [0.25, 0.3) is 0 Å². The van der Waals surface area contributed by atoms with Crippen LogP contribution in [-0.4, -0.2) is 75.2 Å². The van der Waals surface area contributed by atoms with E-state index in [-0.39, 0.29) is 24.8 Å². The zero-order chi connectivity index (χ0) is 30.5. The summed E-state index contributed by atoms with van der Waals surface area (Å²) in [6.07, 6.45) is 4.59. The minimum Gasteiger partial charge on any atom is -0.480 e. The fourth-order valence-electron chi connectivity index (χ4n) is 5.31. The minimum atomic E-state index is -1.17. The molecule has 1 unspecified atom stereocenters. The quantitative estimate of drug-likeness (QED) is 0.406. The van der Waals surface area contributed by atoms with Crippen LogP contribution in [0.1, 0.15) is 80.1 Å². The predicted octanol–water partition coefficient (Wildman–Crippen LogP) is 4.17. The Morgan fingerprint density at radius 1 is 1.05 bits per heavy atom. The van der Waals surface area contributed by atoms with Crippen LogP contribution in [-0.2, 0) is 19.1 Å². The standard InChI is InChI=1S/C29H43ClN4O7/c1-28(2,3)23(33-24(35)22(17-10-8-7-9-11-17)32-27(39)41-29(4,5)6)25(36)34-16-19(14-20(34)26(37)38)40-21-13-12-18(30)15-31-21/h12-13,15,17,19-20,22-23H,7-11,14,16H2,1-6H3,(H,32,39)(H,33,35)(H,37,38)/t19-,20?,22+,23-/m1/s1. The largest absolute Gasteiger partial charge is 0.480 e. The van der Waals surface area contributed by atoms with E-state index in [1.807, 2.05) is 0 Å². The van der Waals surface area contributed by atoms with E-state index in [4.69, 9.17) is 21.1 Å². The van der Waals surface area contributed by atoms with Crippen molar-refractivity contribution in [1.29, 1.82) is 0 Å². The van der Waals surface area contributed by atoms with Crippen molar-refractivity contribution in [2.45, 2.75) is 110 Å². The summed E-state index contributed by atoms with van der Waals surface area (Å²) < 4.78 is 11.3. The van der Waals surface area contributed by atoms with E-state index in [2.05, 4.69) is 15.6 Å². The molecule has 12 heteroatoms. The second-order valence-corrected chi connectivity index (χ2v) is 13.4. The van der Waals surface area contributed by atoms with E-state index in [1.54, 1.807) is 53.7 Å². The lowest BCUT2D eigenvalue weighted by Crippen LogP contribution is -2.61. The number of aromatic nitrogens is 1. The van der Waals surface area contributed by atoms with E-state index < -0.39 is 59.1 Å². The molecule has 3 N–H and O–H groups in total. The Balaban J connectivity index is 1.81. The number of aliphatic carboxylic acids is 1. The maximum atomic E-state index is 13.9. The molecule has 41 heavy (non-hydrogen) atoms. The number of pyridine rings is 1. The van der Waals surface area contributed by atoms with Crippen molar-refractivity contribution in [2.24, 2.45) is 11.3 Å². The number of nitrogens with one attached hydrogen (secondary N) is 2. The highest BCUT2D eigenvalue weighted by Crippen LogP contribution is 2.30. The van der Waals surface area contributed by atoms with Crippen molar-refractivity contribution in [1.82, 2.24) is 20.5 Å². The Morgan fingerprint density at radius 3 is 2.24 bits per heavy atom. The SMILES string of the molecule is CC(C)(C)OC(=O)N[C@H](C(=O)N[C@H](C(=O)N1C[C@H](Oc2ccc(Cl)cn2)CC1C(=O)O)C(C)(C)C)C1CCCCC1. The van der Waals surface area contributed by atoms with E-state index in [9.17, 15) is 24.3 Å². The zero-order valence-electron chi connectivity index (χ0n) is 24.7. The Labute approximate surface area is 246 Å². The summed E-state index contributed by atoms with van der Waals surface area (Å²) >= 11 is 5.89. The number of hydrogen-bond acceptors (Lipinski definition) is 7. The number of ether oxygens (including phenoxy) is 2. The van der Waals surface area contributed by atoms with Crippen LogP contribution in [0.2, 0.25) is 5.02 Å². The number of hydrogen-bond donors (Lipinski definition) is 3. The molecule has 1 saturated carbocycles. The summed E-state index contributed by atoms with van der Waals surface area (Å²) in [4.78, 5) is 57.9. The number of halogens is 1. The van der Waals surface area contributed by atoms with Crippen LogP contribution >= 0.6 is 11.6 Å². The van der Waals surface area contributed by atoms with Crippen LogP contribution < -0.4 is 15.4 Å². The lowest BCUT2D eigenvalue weighted by molar-refractivity contribution is -0.151. The van der Waals surface area contributed by atoms with Crippen LogP contribution in [0.3, 0.4) is 0 Å². The summed E-state index contributed by atoms with van der Waals surface area (Å²) in [5.41, 5.74) is -1.52. The number of carbonyl (C=O) groups excluding carboxylic acids is 3. The lowest BCUT2D eigenvalue weighted by Gasteiger charge is -2.37. The topological polar surface area (TPSA) is 147 Å². The first kappa shape index (κ1) is 32.4. The Morgan fingerprint density at radius 2 is 1.71 bits per heavy atom. The van der Waals surface area contributed by atoms with Gasteiger partial charge in [0.1, 0.15) is 29.8 Å². The molecule has 1 aromatic rings. The van der Waals surface area contributed by atoms with Crippen LogP contribution in [0, 0.1) is 11.3 Å². The summed E-state index contributed by atoms with van der Waals surface area (Å²) in [7, 11) is 0. The normalized spacial score (nSPS) is 21.5. The number of nitrogens with zero attached hydrogens (tertiary/aromatic N) is 2. The molecule has 0 aromatic carbocycles. The van der Waals surface area contributed by atoms with E-state index in [1.165, 1.54) is 11.1 Å². The second-order valence-electron chi connectivity index (χ2n) is 13.0. The van der Waals surface area contributed by atoms with Gasteiger partial charge in [-0.3, -0.25) is 9.59 Å². The maximum absolute atomic E-state index is 13.9. The highest BCUT2D eigenvalue weighted by Gasteiger charge is 2.46. The molecule has 0 bridgehead atoms. The molecular weight excluding hydrogens is 552 g/mol. The fourth-order valence-corrected chi connectivity index (χ4v) is 5.42. The van der Waals surface area contributed by atoms with Crippen LogP contribution in [0.15, 0.2) is 18.3 Å². The van der Waals surface area contributed by atoms with E-state index in [0.29, 0.717) is 5.02 Å². The van der Waals surface area contributed by atoms with Gasteiger partial charge in [0.2, 0.25) is 17.7 Å². The lowest BCUT2D eigenvalue weighted by atomic mass is 9.82. The minimum absolute atomic E-state index is 0.00473. The number of carboxylic acid groups (broad SMARTS) is 1. The monoisotopic (exact) mass is 594 g/mol. The Hall–Kier alpha value is -3.08. The average Bonchev–Trinajstić information content (AvgIpc) is 3.30. The van der Waals surface area contributed by atoms with Gasteiger partial charge in [-0.2, -0.15) is 0 Å². The molecule has 1 aliphatic carbocycles. The number of rotatable bonds is 8. The number of alkyl carbamates (subject to hydrolysis) is 1. The number of likely N-dealkylation sites (tertiary alicyclic amines) is 1. The van der Waals surface area contributed by atoms with Crippen molar-refractivity contribution in [3.8, 4) is 5.88 Å². The summed E-state index contributed by atoms with van der Waals surface area (Å²) in [5.74, 6) is -2.05. The fraction of sp³-hybridized carbons (Fsp3) is 0.690. The van der Waals surface area contributed by atoms with Crippen molar-refractivity contribution in [2.75, 3.05) is 6.54 Å². The van der Waals surface area contributed by atoms with Gasteiger partial charge in [-0.1, -0.05) is 51.6 Å². The molecule has 2 fully saturated rings. The average molecular weight is 595 g/mol. The summed E-state index contributed by atoms with van der Waals surface area (Å²) in [6.45, 7) is 10.6. The molecule has 0 spiro atoms. The van der Waals surface area contributed by atoms with Gasteiger partial charge in [0.05, 0.1) is 11.6 Å². The Bertz CT molecular complexity index is 1090. The number of carboxylic acids is 1. The second kappa shape index (κ2) is 13.3. The first-order chi connectivity index (χ1) is 19.0. The first-order valence-corrected chi connectivity index (χ1v) is 14.5.